The highest BCUT2D eigenvalue weighted by atomic mass is 79.9. The van der Waals surface area contributed by atoms with Crippen molar-refractivity contribution < 1.29 is 14.7 Å². The van der Waals surface area contributed by atoms with Gasteiger partial charge in [-0.15, -0.1) is 0 Å². The minimum atomic E-state index is -1.19. The highest BCUT2D eigenvalue weighted by Gasteiger charge is 2.18. The first-order chi connectivity index (χ1) is 9.90. The Labute approximate surface area is 138 Å². The van der Waals surface area contributed by atoms with Crippen LogP contribution in [0.5, 0.6) is 0 Å². The first-order valence-electron chi connectivity index (χ1n) is 5.68. The number of carbonyl (C=O) groups excluding carboxylic acids is 1. The van der Waals surface area contributed by atoms with E-state index in [2.05, 4.69) is 21.2 Å². The van der Waals surface area contributed by atoms with Crippen LogP contribution in [0.2, 0.25) is 10.0 Å². The minimum absolute atomic E-state index is 0.0278. The summed E-state index contributed by atoms with van der Waals surface area (Å²) in [6, 6.07) is 9.03. The second kappa shape index (κ2) is 6.47. The van der Waals surface area contributed by atoms with Crippen LogP contribution in [0.1, 0.15) is 20.7 Å². The molecule has 0 spiro atoms. The summed E-state index contributed by atoms with van der Waals surface area (Å²) in [6.45, 7) is 0. The lowest BCUT2D eigenvalue weighted by molar-refractivity contribution is 0.0692. The molecule has 4 nitrogen and oxygen atoms in total. The van der Waals surface area contributed by atoms with E-state index >= 15 is 0 Å². The highest BCUT2D eigenvalue weighted by Crippen LogP contribution is 2.34. The third-order valence-corrected chi connectivity index (χ3v) is 3.70. The molecule has 0 bridgehead atoms. The number of benzene rings is 2. The standard InChI is InChI=1S/C14H8BrCl2NO3/c15-7-5-10(16)12(11(17)6-7)18-13(19)8-3-1-2-4-9(8)14(20)21/h1-6H,(H,18,19)(H,20,21). The molecule has 0 aliphatic rings. The van der Waals surface area contributed by atoms with Crippen LogP contribution in [0.25, 0.3) is 0 Å². The van der Waals surface area contributed by atoms with E-state index in [1.807, 2.05) is 0 Å². The zero-order valence-electron chi connectivity index (χ0n) is 10.4. The van der Waals surface area contributed by atoms with E-state index in [1.165, 1.54) is 12.1 Å². The molecule has 0 heterocycles. The van der Waals surface area contributed by atoms with Gasteiger partial charge in [0.25, 0.3) is 5.91 Å². The molecule has 0 saturated heterocycles. The van der Waals surface area contributed by atoms with Gasteiger partial charge in [-0.05, 0) is 24.3 Å². The molecule has 0 saturated carbocycles. The van der Waals surface area contributed by atoms with Crippen LogP contribution in [-0.2, 0) is 0 Å². The quantitative estimate of drug-likeness (QED) is 0.800. The number of rotatable bonds is 3. The van der Waals surface area contributed by atoms with E-state index in [0.717, 1.165) is 0 Å². The largest absolute Gasteiger partial charge is 0.478 e. The number of anilines is 1. The van der Waals surface area contributed by atoms with E-state index in [9.17, 15) is 9.59 Å². The van der Waals surface area contributed by atoms with Crippen molar-refractivity contribution in [1.82, 2.24) is 0 Å². The molecule has 7 heteroatoms. The van der Waals surface area contributed by atoms with Crippen molar-refractivity contribution in [3.05, 3.63) is 62.0 Å². The average molecular weight is 389 g/mol. The van der Waals surface area contributed by atoms with Crippen LogP contribution in [0.15, 0.2) is 40.9 Å². The molecule has 2 aromatic carbocycles. The maximum absolute atomic E-state index is 12.2. The summed E-state index contributed by atoms with van der Waals surface area (Å²) in [5.74, 6) is -1.78. The number of hydrogen-bond donors (Lipinski definition) is 2. The Balaban J connectivity index is 2.38. The maximum Gasteiger partial charge on any atom is 0.336 e. The van der Waals surface area contributed by atoms with E-state index < -0.39 is 11.9 Å². The molecule has 0 aliphatic carbocycles. The molecule has 0 fully saturated rings. The Morgan fingerprint density at radius 1 is 1.05 bits per heavy atom. The lowest BCUT2D eigenvalue weighted by atomic mass is 10.1. The maximum atomic E-state index is 12.2. The SMILES string of the molecule is O=C(O)c1ccccc1C(=O)Nc1c(Cl)cc(Br)cc1Cl. The number of halogens is 3. The summed E-state index contributed by atoms with van der Waals surface area (Å²) in [7, 11) is 0. The fourth-order valence-electron chi connectivity index (χ4n) is 1.71. The summed E-state index contributed by atoms with van der Waals surface area (Å²) in [6.07, 6.45) is 0. The summed E-state index contributed by atoms with van der Waals surface area (Å²) in [5, 5.41) is 12.1. The first-order valence-corrected chi connectivity index (χ1v) is 7.23. The van der Waals surface area contributed by atoms with Crippen molar-refractivity contribution in [1.29, 1.82) is 0 Å². The molecule has 21 heavy (non-hydrogen) atoms. The van der Waals surface area contributed by atoms with Gasteiger partial charge in [0.2, 0.25) is 0 Å². The van der Waals surface area contributed by atoms with Crippen LogP contribution >= 0.6 is 39.1 Å². The van der Waals surface area contributed by atoms with Crippen molar-refractivity contribution in [3.63, 3.8) is 0 Å². The molecule has 0 aliphatic heterocycles. The Bertz CT molecular complexity index is 711. The van der Waals surface area contributed by atoms with Crippen LogP contribution in [-0.4, -0.2) is 17.0 Å². The van der Waals surface area contributed by atoms with Gasteiger partial charge >= 0.3 is 5.97 Å². The predicted molar refractivity (Wildman–Crippen MR) is 85.5 cm³/mol. The number of carbonyl (C=O) groups is 2. The summed E-state index contributed by atoms with van der Waals surface area (Å²) in [5.41, 5.74) is 0.158. The monoisotopic (exact) mass is 387 g/mol. The topological polar surface area (TPSA) is 66.4 Å². The Kier molecular flexibility index (Phi) is 4.88. The number of hydrogen-bond acceptors (Lipinski definition) is 2. The molecule has 2 rings (SSSR count). The van der Waals surface area contributed by atoms with Crippen molar-refractivity contribution in [2.45, 2.75) is 0 Å². The van der Waals surface area contributed by atoms with Gasteiger partial charge in [0.15, 0.2) is 0 Å². The average Bonchev–Trinajstić information content (AvgIpc) is 2.42. The second-order valence-electron chi connectivity index (χ2n) is 4.05. The number of amides is 1. The molecule has 1 amide bonds. The smallest absolute Gasteiger partial charge is 0.336 e. The van der Waals surface area contributed by atoms with Crippen LogP contribution < -0.4 is 5.32 Å². The third-order valence-electron chi connectivity index (χ3n) is 2.65. The second-order valence-corrected chi connectivity index (χ2v) is 5.78. The van der Waals surface area contributed by atoms with Gasteiger partial charge in [0.1, 0.15) is 0 Å². The Morgan fingerprint density at radius 3 is 2.10 bits per heavy atom. The van der Waals surface area contributed by atoms with Crippen molar-refractivity contribution in [3.8, 4) is 0 Å². The molecule has 0 radical (unpaired) electrons. The third kappa shape index (κ3) is 3.56. The van der Waals surface area contributed by atoms with Crippen LogP contribution in [0.4, 0.5) is 5.69 Å². The zero-order valence-corrected chi connectivity index (χ0v) is 13.5. The minimum Gasteiger partial charge on any atom is -0.478 e. The predicted octanol–water partition coefficient (Wildman–Crippen LogP) is 4.71. The van der Waals surface area contributed by atoms with Gasteiger partial charge in [-0.1, -0.05) is 51.3 Å². The lowest BCUT2D eigenvalue weighted by Crippen LogP contribution is -2.16. The summed E-state index contributed by atoms with van der Waals surface area (Å²) >= 11 is 15.3. The van der Waals surface area contributed by atoms with Gasteiger partial charge in [-0.25, -0.2) is 4.79 Å². The molecule has 2 aromatic rings. The van der Waals surface area contributed by atoms with E-state index in [1.54, 1.807) is 24.3 Å². The molecule has 2 N–H and O–H groups in total. The Morgan fingerprint density at radius 2 is 1.57 bits per heavy atom. The van der Waals surface area contributed by atoms with Crippen molar-refractivity contribution in [2.75, 3.05) is 5.32 Å². The van der Waals surface area contributed by atoms with Gasteiger partial charge in [0.05, 0.1) is 26.9 Å². The van der Waals surface area contributed by atoms with Gasteiger partial charge in [-0.3, -0.25) is 4.79 Å². The zero-order chi connectivity index (χ0) is 15.6. The summed E-state index contributed by atoms with van der Waals surface area (Å²) in [4.78, 5) is 23.3. The van der Waals surface area contributed by atoms with Crippen LogP contribution in [0, 0.1) is 0 Å². The number of nitrogens with one attached hydrogen (secondary N) is 1. The molecule has 108 valence electrons. The lowest BCUT2D eigenvalue weighted by Gasteiger charge is -2.11. The molecule has 0 atom stereocenters. The van der Waals surface area contributed by atoms with Gasteiger partial charge < -0.3 is 10.4 Å². The fraction of sp³-hybridized carbons (Fsp3) is 0. The first kappa shape index (κ1) is 15.8. The fourth-order valence-corrected chi connectivity index (χ4v) is 3.01. The van der Waals surface area contributed by atoms with Gasteiger partial charge in [-0.2, -0.15) is 0 Å². The number of aromatic carboxylic acids is 1. The van der Waals surface area contributed by atoms with Crippen molar-refractivity contribution in [2.24, 2.45) is 0 Å². The molecular weight excluding hydrogens is 381 g/mol. The normalized spacial score (nSPS) is 10.2. The van der Waals surface area contributed by atoms with Crippen LogP contribution in [0.3, 0.4) is 0 Å². The number of carboxylic acids is 1. The van der Waals surface area contributed by atoms with E-state index in [-0.39, 0.29) is 26.9 Å². The van der Waals surface area contributed by atoms with E-state index in [4.69, 9.17) is 28.3 Å². The van der Waals surface area contributed by atoms with E-state index in [0.29, 0.717) is 4.47 Å². The molecule has 0 unspecified atom stereocenters. The Hall–Kier alpha value is -1.56. The van der Waals surface area contributed by atoms with Gasteiger partial charge in [0, 0.05) is 4.47 Å². The molecular formula is C14H8BrCl2NO3. The number of carboxylic acid groups (broad SMARTS) is 1. The summed E-state index contributed by atoms with van der Waals surface area (Å²) < 4.78 is 0.668. The van der Waals surface area contributed by atoms with Crippen molar-refractivity contribution >= 4 is 56.7 Å². The molecule has 0 aromatic heterocycles. The highest BCUT2D eigenvalue weighted by molar-refractivity contribution is 9.10.